The van der Waals surface area contributed by atoms with Crippen LogP contribution in [0.4, 0.5) is 16.0 Å². The summed E-state index contributed by atoms with van der Waals surface area (Å²) < 4.78 is 50.7. The molecule has 3 aromatic carbocycles. The van der Waals surface area contributed by atoms with E-state index in [-0.39, 0.29) is 21.7 Å². The van der Waals surface area contributed by atoms with Crippen LogP contribution in [0.15, 0.2) is 93.2 Å². The molecule has 0 spiro atoms. The average molecular weight is 424 g/mol. The molecule has 4 rings (SSSR count). The number of methoxy groups -OCH3 is 1. The van der Waals surface area contributed by atoms with Crippen molar-refractivity contribution in [2.75, 3.05) is 12.4 Å². The van der Waals surface area contributed by atoms with Crippen LogP contribution in [0.25, 0.3) is 11.5 Å². The van der Waals surface area contributed by atoms with Crippen LogP contribution in [-0.4, -0.2) is 20.5 Å². The predicted octanol–water partition coefficient (Wildman–Crippen LogP) is 5.07. The summed E-state index contributed by atoms with van der Waals surface area (Å²) in [5.74, 6) is 0.171. The first-order valence-corrected chi connectivity index (χ1v) is 10.4. The van der Waals surface area contributed by atoms with Crippen molar-refractivity contribution in [1.29, 1.82) is 0 Å². The second-order valence-electron chi connectivity index (χ2n) is 6.33. The van der Waals surface area contributed by atoms with Crippen LogP contribution in [0.1, 0.15) is 0 Å². The lowest BCUT2D eigenvalue weighted by molar-refractivity contribution is 0.415. The van der Waals surface area contributed by atoms with E-state index < -0.39 is 15.7 Å². The molecule has 1 aromatic heterocycles. The number of aromatic nitrogens is 1. The molecule has 0 bridgehead atoms. The molecule has 6 nitrogen and oxygen atoms in total. The van der Waals surface area contributed by atoms with Gasteiger partial charge in [0.15, 0.2) is 0 Å². The maximum Gasteiger partial charge on any atom is 0.238 e. The molecular formula is C22H17FN2O4S. The van der Waals surface area contributed by atoms with Crippen LogP contribution in [0, 0.1) is 5.82 Å². The highest BCUT2D eigenvalue weighted by molar-refractivity contribution is 7.91. The zero-order valence-electron chi connectivity index (χ0n) is 15.9. The molecule has 30 heavy (non-hydrogen) atoms. The van der Waals surface area contributed by atoms with Crippen molar-refractivity contribution < 1.29 is 22.0 Å². The Morgan fingerprint density at radius 1 is 0.967 bits per heavy atom. The largest absolute Gasteiger partial charge is 0.497 e. The fourth-order valence-corrected chi connectivity index (χ4v) is 4.10. The topological polar surface area (TPSA) is 81.4 Å². The minimum atomic E-state index is -3.97. The highest BCUT2D eigenvalue weighted by atomic mass is 32.2. The average Bonchev–Trinajstić information content (AvgIpc) is 3.19. The quantitative estimate of drug-likeness (QED) is 0.466. The highest BCUT2D eigenvalue weighted by Gasteiger charge is 2.28. The summed E-state index contributed by atoms with van der Waals surface area (Å²) in [5, 5.41) is 2.69. The van der Waals surface area contributed by atoms with E-state index in [1.165, 1.54) is 43.5 Å². The Labute approximate surface area is 172 Å². The Kier molecular flexibility index (Phi) is 5.24. The summed E-state index contributed by atoms with van der Waals surface area (Å²) in [6, 6.07) is 20.3. The summed E-state index contributed by atoms with van der Waals surface area (Å²) in [4.78, 5) is 4.31. The van der Waals surface area contributed by atoms with Crippen LogP contribution in [-0.2, 0) is 9.84 Å². The normalized spacial score (nSPS) is 11.3. The third-order valence-corrected chi connectivity index (χ3v) is 6.00. The molecule has 0 atom stereocenters. The lowest BCUT2D eigenvalue weighted by atomic mass is 10.2. The summed E-state index contributed by atoms with van der Waals surface area (Å²) in [6.07, 6.45) is 0. The number of hydrogen-bond donors (Lipinski definition) is 1. The van der Waals surface area contributed by atoms with Gasteiger partial charge in [0, 0.05) is 17.3 Å². The zero-order chi connectivity index (χ0) is 21.1. The highest BCUT2D eigenvalue weighted by Crippen LogP contribution is 2.34. The maximum absolute atomic E-state index is 13.3. The Balaban J connectivity index is 1.83. The van der Waals surface area contributed by atoms with Crippen molar-refractivity contribution in [3.8, 4) is 17.2 Å². The van der Waals surface area contributed by atoms with Gasteiger partial charge in [-0.2, -0.15) is 4.98 Å². The minimum Gasteiger partial charge on any atom is -0.497 e. The molecule has 0 radical (unpaired) electrons. The minimum absolute atomic E-state index is 0.0496. The Morgan fingerprint density at radius 3 is 2.40 bits per heavy atom. The van der Waals surface area contributed by atoms with E-state index in [1.807, 2.05) is 0 Å². The molecule has 0 aliphatic heterocycles. The van der Waals surface area contributed by atoms with Crippen LogP contribution >= 0.6 is 0 Å². The number of oxazole rings is 1. The Bertz CT molecular complexity index is 1270. The van der Waals surface area contributed by atoms with Gasteiger partial charge in [-0.1, -0.05) is 24.3 Å². The van der Waals surface area contributed by atoms with E-state index >= 15 is 0 Å². The smallest absolute Gasteiger partial charge is 0.238 e. The lowest BCUT2D eigenvalue weighted by Gasteiger charge is -2.07. The van der Waals surface area contributed by atoms with Crippen molar-refractivity contribution in [2.24, 2.45) is 0 Å². The molecule has 0 aliphatic rings. The van der Waals surface area contributed by atoms with E-state index in [2.05, 4.69) is 10.3 Å². The van der Waals surface area contributed by atoms with Gasteiger partial charge in [-0.3, -0.25) is 0 Å². The van der Waals surface area contributed by atoms with Gasteiger partial charge in [0.1, 0.15) is 11.6 Å². The number of rotatable bonds is 6. The molecule has 1 heterocycles. The standard InChI is InChI=1S/C22H17FN2O4S/c1-28-18-7-5-6-17(14-18)24-21-22(30(26,27)19-8-3-2-4-9-19)25-20(29-21)15-10-12-16(23)13-11-15/h2-14,24H,1H3. The van der Waals surface area contributed by atoms with Gasteiger partial charge in [-0.05, 0) is 48.5 Å². The van der Waals surface area contributed by atoms with E-state index in [9.17, 15) is 12.8 Å². The summed E-state index contributed by atoms with van der Waals surface area (Å²) in [6.45, 7) is 0. The van der Waals surface area contributed by atoms with Gasteiger partial charge >= 0.3 is 0 Å². The van der Waals surface area contributed by atoms with Crippen molar-refractivity contribution in [3.63, 3.8) is 0 Å². The monoisotopic (exact) mass is 424 g/mol. The number of halogens is 1. The molecule has 1 N–H and O–H groups in total. The van der Waals surface area contributed by atoms with Gasteiger partial charge in [0.25, 0.3) is 0 Å². The molecule has 0 fully saturated rings. The van der Waals surface area contributed by atoms with Gasteiger partial charge in [0.2, 0.25) is 26.6 Å². The second kappa shape index (κ2) is 8.00. The van der Waals surface area contributed by atoms with E-state index in [0.717, 1.165) is 0 Å². The van der Waals surface area contributed by atoms with Crippen LogP contribution < -0.4 is 10.1 Å². The van der Waals surface area contributed by atoms with Gasteiger partial charge in [0.05, 0.1) is 12.0 Å². The molecule has 0 unspecified atom stereocenters. The van der Waals surface area contributed by atoms with E-state index in [0.29, 0.717) is 17.0 Å². The molecule has 0 aliphatic carbocycles. The van der Waals surface area contributed by atoms with Crippen molar-refractivity contribution in [1.82, 2.24) is 4.98 Å². The first-order chi connectivity index (χ1) is 14.5. The van der Waals surface area contributed by atoms with Gasteiger partial charge in [-0.15, -0.1) is 0 Å². The molecule has 0 saturated carbocycles. The van der Waals surface area contributed by atoms with Gasteiger partial charge < -0.3 is 14.5 Å². The third kappa shape index (κ3) is 3.90. The first-order valence-electron chi connectivity index (χ1n) is 8.95. The number of anilines is 2. The van der Waals surface area contributed by atoms with Crippen molar-refractivity contribution >= 4 is 21.4 Å². The van der Waals surface area contributed by atoms with Gasteiger partial charge in [-0.25, -0.2) is 12.8 Å². The van der Waals surface area contributed by atoms with Crippen molar-refractivity contribution in [2.45, 2.75) is 9.92 Å². The molecular weight excluding hydrogens is 407 g/mol. The summed E-state index contributed by atoms with van der Waals surface area (Å²) >= 11 is 0. The first kappa shape index (κ1) is 19.7. The number of hydrogen-bond acceptors (Lipinski definition) is 6. The fraction of sp³-hybridized carbons (Fsp3) is 0.0455. The zero-order valence-corrected chi connectivity index (χ0v) is 16.7. The number of sulfone groups is 1. The van der Waals surface area contributed by atoms with Crippen LogP contribution in [0.2, 0.25) is 0 Å². The maximum atomic E-state index is 13.3. The Hall–Kier alpha value is -3.65. The van der Waals surface area contributed by atoms with Crippen molar-refractivity contribution in [3.05, 3.63) is 84.7 Å². The number of benzene rings is 3. The second-order valence-corrected chi connectivity index (χ2v) is 8.20. The van der Waals surface area contributed by atoms with Crippen LogP contribution in [0.3, 0.4) is 0 Å². The van der Waals surface area contributed by atoms with E-state index in [1.54, 1.807) is 42.5 Å². The summed E-state index contributed by atoms with van der Waals surface area (Å²) in [5.41, 5.74) is 1.00. The fourth-order valence-electron chi connectivity index (χ4n) is 2.83. The predicted molar refractivity (Wildman–Crippen MR) is 110 cm³/mol. The number of nitrogens with one attached hydrogen (secondary N) is 1. The molecule has 8 heteroatoms. The SMILES string of the molecule is COc1cccc(Nc2oc(-c3ccc(F)cc3)nc2S(=O)(=O)c2ccccc2)c1. The number of nitrogens with zero attached hydrogens (tertiary/aromatic N) is 1. The molecule has 0 saturated heterocycles. The lowest BCUT2D eigenvalue weighted by Crippen LogP contribution is -2.05. The molecule has 4 aromatic rings. The Morgan fingerprint density at radius 2 is 1.70 bits per heavy atom. The number of ether oxygens (including phenoxy) is 1. The third-order valence-electron chi connectivity index (χ3n) is 4.32. The summed E-state index contributed by atoms with van der Waals surface area (Å²) in [7, 11) is -2.44. The molecule has 152 valence electrons. The van der Waals surface area contributed by atoms with E-state index in [4.69, 9.17) is 9.15 Å². The van der Waals surface area contributed by atoms with Crippen LogP contribution in [0.5, 0.6) is 5.75 Å². The molecule has 0 amide bonds.